The minimum absolute atomic E-state index is 0.119. The van der Waals surface area contributed by atoms with Crippen LogP contribution in [0.5, 0.6) is 0 Å². The molecule has 0 radical (unpaired) electrons. The normalized spacial score (nSPS) is 26.5. The summed E-state index contributed by atoms with van der Waals surface area (Å²) in [5, 5.41) is 0. The summed E-state index contributed by atoms with van der Waals surface area (Å²) < 4.78 is 0. The molecule has 0 amide bonds. The highest BCUT2D eigenvalue weighted by Crippen LogP contribution is 2.27. The van der Waals surface area contributed by atoms with Gasteiger partial charge in [-0.05, 0) is 32.2 Å². The van der Waals surface area contributed by atoms with Crippen LogP contribution in [0, 0.1) is 5.41 Å². The van der Waals surface area contributed by atoms with Crippen LogP contribution < -0.4 is 0 Å². The predicted octanol–water partition coefficient (Wildman–Crippen LogP) is 2.87. The molecule has 1 aliphatic heterocycles. The van der Waals surface area contributed by atoms with Crippen molar-refractivity contribution in [2.24, 2.45) is 5.41 Å². The van der Waals surface area contributed by atoms with E-state index in [4.69, 9.17) is 0 Å². The van der Waals surface area contributed by atoms with E-state index in [2.05, 4.69) is 25.7 Å². The van der Waals surface area contributed by atoms with Gasteiger partial charge in [0.2, 0.25) is 0 Å². The van der Waals surface area contributed by atoms with Crippen LogP contribution >= 0.6 is 0 Å². The van der Waals surface area contributed by atoms with E-state index in [9.17, 15) is 4.79 Å². The highest BCUT2D eigenvalue weighted by Gasteiger charge is 2.31. The van der Waals surface area contributed by atoms with Crippen molar-refractivity contribution in [3.8, 4) is 0 Å². The molecule has 0 N–H and O–H groups in total. The molecule has 1 aliphatic rings. The van der Waals surface area contributed by atoms with E-state index in [1.54, 1.807) is 0 Å². The Balaban J connectivity index is 2.53. The Bertz CT molecular complexity index is 205. The Morgan fingerprint density at radius 2 is 2.20 bits per heavy atom. The summed E-state index contributed by atoms with van der Waals surface area (Å²) in [4.78, 5) is 13.7. The summed E-state index contributed by atoms with van der Waals surface area (Å²) in [7, 11) is 0. The van der Waals surface area contributed by atoms with Crippen LogP contribution in [-0.2, 0) is 4.79 Å². The van der Waals surface area contributed by atoms with Crippen LogP contribution in [0.2, 0.25) is 0 Å². The van der Waals surface area contributed by atoms with Crippen molar-refractivity contribution >= 4 is 6.29 Å². The van der Waals surface area contributed by atoms with Crippen molar-refractivity contribution in [2.45, 2.75) is 58.9 Å². The van der Waals surface area contributed by atoms with Crippen LogP contribution in [0.3, 0.4) is 0 Å². The van der Waals surface area contributed by atoms with Gasteiger partial charge in [0, 0.05) is 18.0 Å². The van der Waals surface area contributed by atoms with Crippen molar-refractivity contribution in [2.75, 3.05) is 13.1 Å². The number of carbonyl (C=O) groups is 1. The largest absolute Gasteiger partial charge is 0.303 e. The van der Waals surface area contributed by atoms with Gasteiger partial charge >= 0.3 is 0 Å². The van der Waals surface area contributed by atoms with E-state index in [1.165, 1.54) is 32.1 Å². The van der Waals surface area contributed by atoms with Gasteiger partial charge in [-0.15, -0.1) is 0 Å². The topological polar surface area (TPSA) is 20.3 Å². The van der Waals surface area contributed by atoms with Crippen LogP contribution in [0.1, 0.15) is 52.9 Å². The molecule has 0 saturated carbocycles. The fourth-order valence-electron chi connectivity index (χ4n) is 2.78. The molecular weight excluding hydrogens is 186 g/mol. The van der Waals surface area contributed by atoms with Crippen molar-refractivity contribution in [3.63, 3.8) is 0 Å². The molecule has 0 aromatic rings. The van der Waals surface area contributed by atoms with Gasteiger partial charge in [-0.1, -0.05) is 27.2 Å². The molecule has 88 valence electrons. The maximum atomic E-state index is 11.2. The number of hydrogen-bond acceptors (Lipinski definition) is 2. The third-order valence-corrected chi connectivity index (χ3v) is 3.64. The second kappa shape index (κ2) is 5.64. The molecule has 0 aliphatic carbocycles. The monoisotopic (exact) mass is 211 g/mol. The lowest BCUT2D eigenvalue weighted by Gasteiger charge is -2.32. The molecule has 0 spiro atoms. The lowest BCUT2D eigenvalue weighted by molar-refractivity contribution is -0.117. The molecule has 15 heavy (non-hydrogen) atoms. The van der Waals surface area contributed by atoms with E-state index >= 15 is 0 Å². The average molecular weight is 211 g/mol. The average Bonchev–Trinajstić information content (AvgIpc) is 2.65. The molecule has 1 saturated heterocycles. The van der Waals surface area contributed by atoms with Crippen molar-refractivity contribution in [1.29, 1.82) is 0 Å². The minimum Gasteiger partial charge on any atom is -0.303 e. The van der Waals surface area contributed by atoms with Gasteiger partial charge in [-0.2, -0.15) is 0 Å². The lowest BCUT2D eigenvalue weighted by Crippen LogP contribution is -2.39. The van der Waals surface area contributed by atoms with E-state index in [1.807, 2.05) is 0 Å². The SMILES string of the molecule is CCCC(C)(C=O)CN1CCCC1CC. The number of nitrogens with zero attached hydrogens (tertiary/aromatic N) is 1. The molecule has 1 rings (SSSR count). The first-order valence-electron chi connectivity index (χ1n) is 6.35. The molecule has 0 bridgehead atoms. The van der Waals surface area contributed by atoms with Crippen LogP contribution in [0.4, 0.5) is 0 Å². The maximum Gasteiger partial charge on any atom is 0.127 e. The summed E-state index contributed by atoms with van der Waals surface area (Å²) >= 11 is 0. The second-order valence-corrected chi connectivity index (χ2v) is 5.20. The van der Waals surface area contributed by atoms with Gasteiger partial charge < -0.3 is 4.79 Å². The lowest BCUT2D eigenvalue weighted by atomic mass is 9.86. The van der Waals surface area contributed by atoms with Crippen molar-refractivity contribution < 1.29 is 4.79 Å². The molecule has 1 heterocycles. The van der Waals surface area contributed by atoms with Gasteiger partial charge in [-0.25, -0.2) is 0 Å². The summed E-state index contributed by atoms with van der Waals surface area (Å²) in [6.45, 7) is 8.66. The Hall–Kier alpha value is -0.370. The van der Waals surface area contributed by atoms with E-state index in [0.717, 1.165) is 25.4 Å². The number of aldehydes is 1. The third-order valence-electron chi connectivity index (χ3n) is 3.64. The quantitative estimate of drug-likeness (QED) is 0.630. The summed E-state index contributed by atoms with van der Waals surface area (Å²) in [5.74, 6) is 0. The summed E-state index contributed by atoms with van der Waals surface area (Å²) in [5.41, 5.74) is -0.119. The Morgan fingerprint density at radius 1 is 1.47 bits per heavy atom. The van der Waals surface area contributed by atoms with Crippen molar-refractivity contribution in [1.82, 2.24) is 4.90 Å². The van der Waals surface area contributed by atoms with Crippen molar-refractivity contribution in [3.05, 3.63) is 0 Å². The number of carbonyl (C=O) groups excluding carboxylic acids is 1. The van der Waals surface area contributed by atoms with Crippen LogP contribution in [0.15, 0.2) is 0 Å². The molecule has 2 heteroatoms. The minimum atomic E-state index is -0.119. The third kappa shape index (κ3) is 3.30. The fourth-order valence-corrected chi connectivity index (χ4v) is 2.78. The number of likely N-dealkylation sites (tertiary alicyclic amines) is 1. The van der Waals surface area contributed by atoms with E-state index < -0.39 is 0 Å². The van der Waals surface area contributed by atoms with E-state index in [0.29, 0.717) is 0 Å². The molecule has 2 unspecified atom stereocenters. The first kappa shape index (κ1) is 12.7. The highest BCUT2D eigenvalue weighted by atomic mass is 16.1. The molecule has 2 atom stereocenters. The second-order valence-electron chi connectivity index (χ2n) is 5.20. The van der Waals surface area contributed by atoms with Crippen LogP contribution in [-0.4, -0.2) is 30.3 Å². The zero-order valence-corrected chi connectivity index (χ0v) is 10.5. The van der Waals surface area contributed by atoms with Crippen LogP contribution in [0.25, 0.3) is 0 Å². The zero-order valence-electron chi connectivity index (χ0n) is 10.5. The number of hydrogen-bond donors (Lipinski definition) is 0. The maximum absolute atomic E-state index is 11.2. The first-order chi connectivity index (χ1) is 7.15. The Kier molecular flexibility index (Phi) is 4.78. The smallest absolute Gasteiger partial charge is 0.127 e. The molecule has 1 fully saturated rings. The fraction of sp³-hybridized carbons (Fsp3) is 0.923. The van der Waals surface area contributed by atoms with Gasteiger partial charge in [-0.3, -0.25) is 4.90 Å². The molecule has 0 aromatic heterocycles. The summed E-state index contributed by atoms with van der Waals surface area (Å²) in [6, 6.07) is 0.723. The zero-order chi connectivity index (χ0) is 11.3. The highest BCUT2D eigenvalue weighted by molar-refractivity contribution is 5.59. The van der Waals surface area contributed by atoms with Gasteiger partial charge in [0.25, 0.3) is 0 Å². The van der Waals surface area contributed by atoms with Gasteiger partial charge in [0.1, 0.15) is 6.29 Å². The summed E-state index contributed by atoms with van der Waals surface area (Å²) in [6.07, 6.45) is 7.13. The van der Waals surface area contributed by atoms with Gasteiger partial charge in [0.05, 0.1) is 0 Å². The first-order valence-corrected chi connectivity index (χ1v) is 6.35. The Morgan fingerprint density at radius 3 is 2.73 bits per heavy atom. The Labute approximate surface area is 94.0 Å². The number of rotatable bonds is 6. The predicted molar refractivity (Wildman–Crippen MR) is 64.0 cm³/mol. The molecule has 2 nitrogen and oxygen atoms in total. The molecule has 0 aromatic carbocycles. The molecular formula is C13H25NO. The van der Waals surface area contributed by atoms with Gasteiger partial charge in [0.15, 0.2) is 0 Å². The van der Waals surface area contributed by atoms with E-state index in [-0.39, 0.29) is 5.41 Å². The standard InChI is InChI=1S/C13H25NO/c1-4-8-13(3,11-15)10-14-9-6-7-12(14)5-2/h11-12H,4-10H2,1-3H3.